The second kappa shape index (κ2) is 5.11. The summed E-state index contributed by atoms with van der Waals surface area (Å²) in [5.41, 5.74) is 1.95. The smallest absolute Gasteiger partial charge is 0.251 e. The van der Waals surface area contributed by atoms with Crippen LogP contribution in [0.2, 0.25) is 0 Å². The summed E-state index contributed by atoms with van der Waals surface area (Å²) in [6, 6.07) is 8.29. The second-order valence-corrected chi connectivity index (χ2v) is 5.75. The third-order valence-corrected chi connectivity index (χ3v) is 3.32. The van der Waals surface area contributed by atoms with E-state index in [0.29, 0.717) is 6.04 Å². The molecular weight excluding hydrogens is 224 g/mol. The first-order valence-electron chi connectivity index (χ1n) is 6.63. The molecule has 1 aliphatic rings. The maximum Gasteiger partial charge on any atom is 0.251 e. The van der Waals surface area contributed by atoms with Crippen molar-refractivity contribution in [2.75, 3.05) is 0 Å². The summed E-state index contributed by atoms with van der Waals surface area (Å²) in [6.45, 7) is 7.13. The number of nitrogens with one attached hydrogen (secondary N) is 2. The first-order valence-corrected chi connectivity index (χ1v) is 6.63. The van der Waals surface area contributed by atoms with E-state index in [0.717, 1.165) is 30.5 Å². The number of benzene rings is 1. The molecular formula is C15H22N2O. The van der Waals surface area contributed by atoms with E-state index in [2.05, 4.69) is 31.4 Å². The van der Waals surface area contributed by atoms with Gasteiger partial charge in [0, 0.05) is 23.7 Å². The van der Waals surface area contributed by atoms with E-state index in [9.17, 15) is 4.79 Å². The predicted octanol–water partition coefficient (Wildman–Crippen LogP) is 2.47. The van der Waals surface area contributed by atoms with Gasteiger partial charge in [0.1, 0.15) is 0 Å². The van der Waals surface area contributed by atoms with Crippen LogP contribution in [0.5, 0.6) is 0 Å². The fourth-order valence-electron chi connectivity index (χ4n) is 1.80. The predicted molar refractivity (Wildman–Crippen MR) is 73.5 cm³/mol. The van der Waals surface area contributed by atoms with Gasteiger partial charge in [0.25, 0.3) is 5.91 Å². The Labute approximate surface area is 109 Å². The molecule has 0 radical (unpaired) electrons. The highest BCUT2D eigenvalue weighted by molar-refractivity contribution is 5.95. The number of carbonyl (C=O) groups is 1. The zero-order valence-corrected chi connectivity index (χ0v) is 11.4. The van der Waals surface area contributed by atoms with Gasteiger partial charge < -0.3 is 10.6 Å². The molecule has 1 aromatic rings. The molecule has 1 aliphatic carbocycles. The minimum Gasteiger partial charge on any atom is -0.347 e. The van der Waals surface area contributed by atoms with Gasteiger partial charge in [-0.2, -0.15) is 0 Å². The van der Waals surface area contributed by atoms with Gasteiger partial charge >= 0.3 is 0 Å². The van der Waals surface area contributed by atoms with Gasteiger partial charge in [-0.15, -0.1) is 0 Å². The largest absolute Gasteiger partial charge is 0.347 e. The van der Waals surface area contributed by atoms with Crippen molar-refractivity contribution < 1.29 is 4.79 Å². The second-order valence-electron chi connectivity index (χ2n) is 5.75. The Morgan fingerprint density at radius 3 is 2.72 bits per heavy atom. The van der Waals surface area contributed by atoms with Crippen molar-refractivity contribution in [2.45, 2.75) is 51.7 Å². The molecule has 1 fully saturated rings. The standard InChI is InChI=1S/C15H22N2O/c1-11(2)16-10-12-5-4-6-13(9-12)14(18)17-15(3)7-8-15/h4-6,9,11,16H,7-8,10H2,1-3H3,(H,17,18). The van der Waals surface area contributed by atoms with Gasteiger partial charge in [-0.3, -0.25) is 4.79 Å². The van der Waals surface area contributed by atoms with Crippen molar-refractivity contribution in [1.29, 1.82) is 0 Å². The average molecular weight is 246 g/mol. The third kappa shape index (κ3) is 3.57. The Hall–Kier alpha value is -1.35. The lowest BCUT2D eigenvalue weighted by Gasteiger charge is -2.13. The van der Waals surface area contributed by atoms with Crippen molar-refractivity contribution in [1.82, 2.24) is 10.6 Å². The molecule has 0 spiro atoms. The number of rotatable bonds is 5. The summed E-state index contributed by atoms with van der Waals surface area (Å²) >= 11 is 0. The van der Waals surface area contributed by atoms with Crippen molar-refractivity contribution in [2.24, 2.45) is 0 Å². The number of hydrogen-bond acceptors (Lipinski definition) is 2. The van der Waals surface area contributed by atoms with E-state index in [-0.39, 0.29) is 11.4 Å². The molecule has 0 heterocycles. The minimum absolute atomic E-state index is 0.0430. The number of carbonyl (C=O) groups excluding carboxylic acids is 1. The molecule has 2 N–H and O–H groups in total. The van der Waals surface area contributed by atoms with Crippen LogP contribution < -0.4 is 10.6 Å². The molecule has 1 saturated carbocycles. The van der Waals surface area contributed by atoms with Crippen LogP contribution in [-0.4, -0.2) is 17.5 Å². The molecule has 1 amide bonds. The number of amides is 1. The molecule has 0 saturated heterocycles. The van der Waals surface area contributed by atoms with E-state index in [1.807, 2.05) is 24.3 Å². The fourth-order valence-corrected chi connectivity index (χ4v) is 1.80. The van der Waals surface area contributed by atoms with Crippen molar-refractivity contribution in [3.05, 3.63) is 35.4 Å². The normalized spacial score (nSPS) is 16.7. The zero-order chi connectivity index (χ0) is 13.2. The lowest BCUT2D eigenvalue weighted by molar-refractivity contribution is 0.0935. The summed E-state index contributed by atoms with van der Waals surface area (Å²) in [7, 11) is 0. The van der Waals surface area contributed by atoms with E-state index < -0.39 is 0 Å². The lowest BCUT2D eigenvalue weighted by Crippen LogP contribution is -2.34. The summed E-state index contributed by atoms with van der Waals surface area (Å²) in [4.78, 5) is 12.1. The fraction of sp³-hybridized carbons (Fsp3) is 0.533. The van der Waals surface area contributed by atoms with Gasteiger partial charge in [-0.1, -0.05) is 26.0 Å². The van der Waals surface area contributed by atoms with E-state index in [4.69, 9.17) is 0 Å². The lowest BCUT2D eigenvalue weighted by atomic mass is 10.1. The Bertz CT molecular complexity index is 436. The van der Waals surface area contributed by atoms with Crippen LogP contribution in [0.25, 0.3) is 0 Å². The third-order valence-electron chi connectivity index (χ3n) is 3.32. The first kappa shape index (κ1) is 13.1. The maximum absolute atomic E-state index is 12.1. The summed E-state index contributed by atoms with van der Waals surface area (Å²) < 4.78 is 0. The van der Waals surface area contributed by atoms with Crippen LogP contribution in [0.4, 0.5) is 0 Å². The summed E-state index contributed by atoms with van der Waals surface area (Å²) in [5, 5.41) is 6.44. The molecule has 2 rings (SSSR count). The first-order chi connectivity index (χ1) is 8.48. The van der Waals surface area contributed by atoms with Crippen LogP contribution in [-0.2, 0) is 6.54 Å². The molecule has 0 aromatic heterocycles. The molecule has 3 nitrogen and oxygen atoms in total. The van der Waals surface area contributed by atoms with Crippen molar-refractivity contribution >= 4 is 5.91 Å². The molecule has 0 unspecified atom stereocenters. The van der Waals surface area contributed by atoms with Gasteiger partial charge in [-0.05, 0) is 37.5 Å². The summed E-state index contributed by atoms with van der Waals surface area (Å²) in [5.74, 6) is 0.0430. The highest BCUT2D eigenvalue weighted by Gasteiger charge is 2.38. The van der Waals surface area contributed by atoms with Crippen LogP contribution >= 0.6 is 0 Å². The molecule has 3 heteroatoms. The van der Waals surface area contributed by atoms with Crippen molar-refractivity contribution in [3.63, 3.8) is 0 Å². The van der Waals surface area contributed by atoms with E-state index in [1.54, 1.807) is 0 Å². The van der Waals surface area contributed by atoms with Gasteiger partial charge in [0.05, 0.1) is 0 Å². The van der Waals surface area contributed by atoms with E-state index >= 15 is 0 Å². The van der Waals surface area contributed by atoms with Gasteiger partial charge in [0.15, 0.2) is 0 Å². The molecule has 98 valence electrons. The van der Waals surface area contributed by atoms with Crippen molar-refractivity contribution in [3.8, 4) is 0 Å². The molecule has 0 aliphatic heterocycles. The quantitative estimate of drug-likeness (QED) is 0.838. The molecule has 1 aromatic carbocycles. The highest BCUT2D eigenvalue weighted by atomic mass is 16.1. The monoisotopic (exact) mass is 246 g/mol. The Morgan fingerprint density at radius 2 is 2.11 bits per heavy atom. The summed E-state index contributed by atoms with van der Waals surface area (Å²) in [6.07, 6.45) is 2.18. The Kier molecular flexibility index (Phi) is 3.71. The Morgan fingerprint density at radius 1 is 1.39 bits per heavy atom. The van der Waals surface area contributed by atoms with Gasteiger partial charge in [0.2, 0.25) is 0 Å². The molecule has 0 atom stereocenters. The van der Waals surface area contributed by atoms with Crippen LogP contribution in [0, 0.1) is 0 Å². The van der Waals surface area contributed by atoms with Crippen LogP contribution in [0.3, 0.4) is 0 Å². The maximum atomic E-state index is 12.1. The highest BCUT2D eigenvalue weighted by Crippen LogP contribution is 2.34. The number of hydrogen-bond donors (Lipinski definition) is 2. The van der Waals surface area contributed by atoms with Crippen LogP contribution in [0.15, 0.2) is 24.3 Å². The topological polar surface area (TPSA) is 41.1 Å². The van der Waals surface area contributed by atoms with E-state index in [1.165, 1.54) is 0 Å². The molecule has 0 bridgehead atoms. The van der Waals surface area contributed by atoms with Crippen LogP contribution in [0.1, 0.15) is 49.5 Å². The minimum atomic E-state index is 0.0430. The zero-order valence-electron chi connectivity index (χ0n) is 11.4. The Balaban J connectivity index is 1.99. The SMILES string of the molecule is CC(C)NCc1cccc(C(=O)NC2(C)CC2)c1. The average Bonchev–Trinajstić information content (AvgIpc) is 3.04. The molecule has 18 heavy (non-hydrogen) atoms. The van der Waals surface area contributed by atoms with Gasteiger partial charge in [-0.25, -0.2) is 0 Å².